The average molecular weight is 631 g/mol. The predicted octanol–water partition coefficient (Wildman–Crippen LogP) is 6.59. The Labute approximate surface area is 256 Å². The number of nitrogens with one attached hydrogen (secondary N) is 2. The molecule has 3 rings (SSSR count). The molecule has 5 nitrogen and oxygen atoms in total. The SMILES string of the molecule is CCCCCCCCCCCCCCCCOc1ccccc1NC(=O)Nc1ccc(C[n+]2ccsc2)cc1.[Br-]. The molecule has 0 radical (unpaired) electrons. The molecule has 0 spiro atoms. The van der Waals surface area contributed by atoms with E-state index in [9.17, 15) is 4.79 Å². The van der Waals surface area contributed by atoms with Crippen LogP contribution in [0.15, 0.2) is 65.6 Å². The van der Waals surface area contributed by atoms with Crippen molar-refractivity contribution in [1.82, 2.24) is 0 Å². The van der Waals surface area contributed by atoms with E-state index in [1.54, 1.807) is 11.3 Å². The van der Waals surface area contributed by atoms with Crippen molar-refractivity contribution in [3.8, 4) is 5.75 Å². The molecule has 1 heterocycles. The quantitative estimate of drug-likeness (QED) is 0.109. The first-order valence-electron chi connectivity index (χ1n) is 15.0. The zero-order valence-electron chi connectivity index (χ0n) is 24.2. The number of aromatic nitrogens is 1. The molecule has 2 amide bonds. The summed E-state index contributed by atoms with van der Waals surface area (Å²) < 4.78 is 8.15. The summed E-state index contributed by atoms with van der Waals surface area (Å²) in [5, 5.41) is 7.91. The van der Waals surface area contributed by atoms with E-state index in [0.29, 0.717) is 18.0 Å². The Morgan fingerprint density at radius 3 is 1.98 bits per heavy atom. The Bertz CT molecular complexity index is 1040. The molecule has 40 heavy (non-hydrogen) atoms. The van der Waals surface area contributed by atoms with E-state index in [1.165, 1.54) is 89.0 Å². The molecule has 0 saturated carbocycles. The fourth-order valence-electron chi connectivity index (χ4n) is 4.72. The van der Waals surface area contributed by atoms with E-state index >= 15 is 0 Å². The molecule has 0 unspecified atom stereocenters. The van der Waals surface area contributed by atoms with Gasteiger partial charge in [-0.2, -0.15) is 4.57 Å². The summed E-state index contributed by atoms with van der Waals surface area (Å²) >= 11 is 1.67. The average Bonchev–Trinajstić information content (AvgIpc) is 3.46. The van der Waals surface area contributed by atoms with Crippen molar-refractivity contribution < 1.29 is 31.1 Å². The van der Waals surface area contributed by atoms with Crippen molar-refractivity contribution in [1.29, 1.82) is 0 Å². The van der Waals surface area contributed by atoms with Gasteiger partial charge in [0.15, 0.2) is 12.7 Å². The summed E-state index contributed by atoms with van der Waals surface area (Å²) in [5.74, 6) is 0.713. The van der Waals surface area contributed by atoms with Crippen LogP contribution < -0.4 is 36.9 Å². The van der Waals surface area contributed by atoms with Crippen molar-refractivity contribution >= 4 is 28.7 Å². The highest BCUT2D eigenvalue weighted by Gasteiger charge is 2.09. The predicted molar refractivity (Wildman–Crippen MR) is 165 cm³/mol. The minimum absolute atomic E-state index is 0. The number of carbonyl (C=O) groups excluding carboxylic acids is 1. The molecule has 0 fully saturated rings. The van der Waals surface area contributed by atoms with Gasteiger partial charge in [-0.15, -0.1) is 0 Å². The van der Waals surface area contributed by atoms with E-state index < -0.39 is 0 Å². The minimum Gasteiger partial charge on any atom is -1.00 e. The van der Waals surface area contributed by atoms with Gasteiger partial charge >= 0.3 is 6.03 Å². The van der Waals surface area contributed by atoms with E-state index in [4.69, 9.17) is 4.74 Å². The van der Waals surface area contributed by atoms with Crippen molar-refractivity contribution in [3.63, 3.8) is 0 Å². The third-order valence-electron chi connectivity index (χ3n) is 6.99. The molecule has 0 aliphatic carbocycles. The number of urea groups is 1. The van der Waals surface area contributed by atoms with Crippen LogP contribution in [0.2, 0.25) is 0 Å². The maximum Gasteiger partial charge on any atom is 0.323 e. The number of halogens is 1. The second-order valence-electron chi connectivity index (χ2n) is 10.4. The molecule has 2 N–H and O–H groups in total. The fraction of sp³-hybridized carbons (Fsp3) is 0.515. The standard InChI is InChI=1S/C33H47N3O2S.BrH/c1-2-3-4-5-6-7-8-9-10-11-12-13-14-17-25-38-32-19-16-15-18-31(32)35-33(37)34-30-22-20-29(21-23-30)27-36-24-26-39-28-36;/h15-16,18-24,26,28H,2-14,17,25,27H2,1H3,(H-,34,35,37);1H. The van der Waals surface area contributed by atoms with Crippen LogP contribution in [0, 0.1) is 0 Å². The molecule has 7 heteroatoms. The molecular formula is C33H48BrN3O2S. The number of carbonyl (C=O) groups is 1. The molecule has 0 aliphatic rings. The summed E-state index contributed by atoms with van der Waals surface area (Å²) in [6, 6.07) is 15.3. The number of anilines is 2. The summed E-state index contributed by atoms with van der Waals surface area (Å²) in [4.78, 5) is 12.6. The Balaban J connectivity index is 0.00000560. The van der Waals surface area contributed by atoms with Crippen LogP contribution in [0.3, 0.4) is 0 Å². The summed E-state index contributed by atoms with van der Waals surface area (Å²) in [7, 11) is 0. The number of unbranched alkanes of at least 4 members (excludes halogenated alkanes) is 13. The molecule has 2 aromatic carbocycles. The number of ether oxygens (including phenoxy) is 1. The highest BCUT2D eigenvalue weighted by Crippen LogP contribution is 2.24. The van der Waals surface area contributed by atoms with Gasteiger partial charge in [0.05, 0.1) is 17.7 Å². The van der Waals surface area contributed by atoms with Crippen LogP contribution >= 0.6 is 11.3 Å². The van der Waals surface area contributed by atoms with Gasteiger partial charge < -0.3 is 32.4 Å². The van der Waals surface area contributed by atoms with Crippen LogP contribution in [0.5, 0.6) is 5.75 Å². The van der Waals surface area contributed by atoms with E-state index in [2.05, 4.69) is 39.2 Å². The van der Waals surface area contributed by atoms with Gasteiger partial charge in [0, 0.05) is 11.3 Å². The van der Waals surface area contributed by atoms with Gasteiger partial charge in [-0.3, -0.25) is 0 Å². The second-order valence-corrected chi connectivity index (χ2v) is 11.2. The Morgan fingerprint density at radius 1 is 0.775 bits per heavy atom. The second kappa shape index (κ2) is 21.4. The van der Waals surface area contributed by atoms with Crippen LogP contribution in [0.25, 0.3) is 0 Å². The maximum atomic E-state index is 12.6. The van der Waals surface area contributed by atoms with Crippen molar-refractivity contribution in [2.75, 3.05) is 17.2 Å². The Kier molecular flexibility index (Phi) is 18.1. The smallest absolute Gasteiger partial charge is 0.323 e. The first kappa shape index (κ1) is 33.8. The molecule has 0 atom stereocenters. The zero-order valence-corrected chi connectivity index (χ0v) is 26.6. The number of amides is 2. The first-order valence-corrected chi connectivity index (χ1v) is 16.0. The van der Waals surface area contributed by atoms with Gasteiger partial charge in [-0.05, 0) is 30.7 Å². The van der Waals surface area contributed by atoms with E-state index in [-0.39, 0.29) is 23.0 Å². The normalized spacial score (nSPS) is 10.6. The first-order chi connectivity index (χ1) is 19.2. The Hall–Kier alpha value is -2.38. The highest BCUT2D eigenvalue weighted by atomic mass is 79.9. The number of thiazole rings is 1. The lowest BCUT2D eigenvalue weighted by Crippen LogP contribution is -3.00. The lowest BCUT2D eigenvalue weighted by atomic mass is 10.0. The monoisotopic (exact) mass is 629 g/mol. The highest BCUT2D eigenvalue weighted by molar-refractivity contribution is 7.07. The van der Waals surface area contributed by atoms with Gasteiger partial charge in [-0.1, -0.05) is 126 Å². The van der Waals surface area contributed by atoms with Crippen molar-refractivity contribution in [2.45, 2.75) is 103 Å². The van der Waals surface area contributed by atoms with Gasteiger partial charge in [0.2, 0.25) is 5.51 Å². The third-order valence-corrected chi connectivity index (χ3v) is 7.67. The van der Waals surface area contributed by atoms with Crippen molar-refractivity contribution in [3.05, 3.63) is 71.2 Å². The largest absolute Gasteiger partial charge is 1.00 e. The number of hydrogen-bond donors (Lipinski definition) is 2. The molecule has 1 aromatic heterocycles. The lowest BCUT2D eigenvalue weighted by molar-refractivity contribution is -0.683. The van der Waals surface area contributed by atoms with Gasteiger partial charge in [0.25, 0.3) is 0 Å². The molecule has 0 aliphatic heterocycles. The summed E-state index contributed by atoms with van der Waals surface area (Å²) in [6.45, 7) is 3.77. The minimum atomic E-state index is -0.275. The number of para-hydroxylation sites is 2. The van der Waals surface area contributed by atoms with Crippen LogP contribution in [-0.2, 0) is 6.54 Å². The molecule has 3 aromatic rings. The number of hydrogen-bond acceptors (Lipinski definition) is 3. The summed E-state index contributed by atoms with van der Waals surface area (Å²) in [5.41, 5.74) is 4.71. The molecule has 220 valence electrons. The van der Waals surface area contributed by atoms with Gasteiger partial charge in [0.1, 0.15) is 5.75 Å². The zero-order chi connectivity index (χ0) is 27.4. The van der Waals surface area contributed by atoms with E-state index in [1.807, 2.05) is 48.5 Å². The molecule has 0 saturated heterocycles. The molecule has 0 bridgehead atoms. The number of nitrogens with zero attached hydrogens (tertiary/aromatic N) is 1. The third kappa shape index (κ3) is 14.3. The van der Waals surface area contributed by atoms with Crippen molar-refractivity contribution in [2.24, 2.45) is 0 Å². The van der Waals surface area contributed by atoms with Crippen LogP contribution in [-0.4, -0.2) is 12.6 Å². The molecular weight excluding hydrogens is 582 g/mol. The maximum absolute atomic E-state index is 12.6. The Morgan fingerprint density at radius 2 is 1.38 bits per heavy atom. The number of benzene rings is 2. The fourth-order valence-corrected chi connectivity index (χ4v) is 5.31. The van der Waals surface area contributed by atoms with Crippen LogP contribution in [0.1, 0.15) is 102 Å². The van der Waals surface area contributed by atoms with Gasteiger partial charge in [-0.25, -0.2) is 4.79 Å². The topological polar surface area (TPSA) is 54.2 Å². The van der Waals surface area contributed by atoms with E-state index in [0.717, 1.165) is 18.7 Å². The number of rotatable bonds is 20. The lowest BCUT2D eigenvalue weighted by Gasteiger charge is -2.13. The summed E-state index contributed by atoms with van der Waals surface area (Å²) in [6.07, 6.45) is 20.8. The van der Waals surface area contributed by atoms with Crippen LogP contribution in [0.4, 0.5) is 16.2 Å².